The van der Waals surface area contributed by atoms with E-state index >= 15 is 0 Å². The summed E-state index contributed by atoms with van der Waals surface area (Å²) in [5.41, 5.74) is 0.818. The van der Waals surface area contributed by atoms with Crippen LogP contribution < -0.4 is 4.72 Å². The molecule has 0 amide bonds. The lowest BCUT2D eigenvalue weighted by Crippen LogP contribution is -2.33. The predicted octanol–water partition coefficient (Wildman–Crippen LogP) is 1.08. The summed E-state index contributed by atoms with van der Waals surface area (Å²) in [6, 6.07) is 6.38. The zero-order valence-electron chi connectivity index (χ0n) is 12.5. The molecule has 0 saturated carbocycles. The number of aryl methyl sites for hydroxylation is 1. The second-order valence-corrected chi connectivity index (χ2v) is 7.25. The quantitative estimate of drug-likeness (QED) is 0.746. The number of hydrogen-bond acceptors (Lipinski definition) is 4. The highest BCUT2D eigenvalue weighted by atomic mass is 32.2. The van der Waals surface area contributed by atoms with Crippen LogP contribution in [0.5, 0.6) is 0 Å². The molecule has 2 rings (SSSR count). The summed E-state index contributed by atoms with van der Waals surface area (Å²) in [4.78, 5) is 13.0. The average Bonchev–Trinajstić information content (AvgIpc) is 2.98. The van der Waals surface area contributed by atoms with Crippen LogP contribution in [-0.4, -0.2) is 50.6 Å². The third-order valence-corrected chi connectivity index (χ3v) is 5.26. The van der Waals surface area contributed by atoms with E-state index in [1.165, 1.54) is 25.0 Å². The van der Waals surface area contributed by atoms with Crippen molar-refractivity contribution in [3.05, 3.63) is 29.8 Å². The van der Waals surface area contributed by atoms with Crippen LogP contribution in [0.2, 0.25) is 0 Å². The minimum Gasteiger partial charge on any atom is -0.481 e. The molecule has 0 radical (unpaired) electrons. The van der Waals surface area contributed by atoms with Gasteiger partial charge >= 0.3 is 5.97 Å². The molecule has 0 spiro atoms. The number of sulfonamides is 1. The van der Waals surface area contributed by atoms with Crippen molar-refractivity contribution in [3.63, 3.8) is 0 Å². The first-order valence-electron chi connectivity index (χ1n) is 7.50. The topological polar surface area (TPSA) is 86.7 Å². The summed E-state index contributed by atoms with van der Waals surface area (Å²) >= 11 is 0. The van der Waals surface area contributed by atoms with Crippen LogP contribution in [0.3, 0.4) is 0 Å². The van der Waals surface area contributed by atoms with Gasteiger partial charge in [-0.2, -0.15) is 0 Å². The van der Waals surface area contributed by atoms with Gasteiger partial charge in [0.25, 0.3) is 0 Å². The van der Waals surface area contributed by atoms with Gasteiger partial charge in [0.05, 0.1) is 4.90 Å². The molecule has 0 unspecified atom stereocenters. The van der Waals surface area contributed by atoms with Crippen LogP contribution in [0.1, 0.15) is 24.8 Å². The molecule has 0 bridgehead atoms. The number of benzene rings is 1. The van der Waals surface area contributed by atoms with Gasteiger partial charge in [-0.15, -0.1) is 0 Å². The molecule has 1 aliphatic heterocycles. The Bertz CT molecular complexity index is 592. The summed E-state index contributed by atoms with van der Waals surface area (Å²) in [5.74, 6) is -0.861. The van der Waals surface area contributed by atoms with Crippen LogP contribution in [-0.2, 0) is 21.2 Å². The van der Waals surface area contributed by atoms with Crippen molar-refractivity contribution in [1.29, 1.82) is 0 Å². The van der Waals surface area contributed by atoms with Gasteiger partial charge in [-0.3, -0.25) is 4.79 Å². The van der Waals surface area contributed by atoms with Gasteiger partial charge in [0, 0.05) is 19.5 Å². The van der Waals surface area contributed by atoms with E-state index in [9.17, 15) is 13.2 Å². The first kappa shape index (κ1) is 16.9. The Balaban J connectivity index is 1.86. The summed E-state index contributed by atoms with van der Waals surface area (Å²) in [6.45, 7) is 3.22. The Morgan fingerprint density at radius 2 is 1.82 bits per heavy atom. The molecule has 1 saturated heterocycles. The van der Waals surface area contributed by atoms with Gasteiger partial charge in [0.2, 0.25) is 10.0 Å². The normalized spacial score (nSPS) is 16.0. The van der Waals surface area contributed by atoms with Gasteiger partial charge in [0.15, 0.2) is 0 Å². The summed E-state index contributed by atoms with van der Waals surface area (Å²) in [7, 11) is -3.49. The fourth-order valence-corrected chi connectivity index (χ4v) is 3.54. The highest BCUT2D eigenvalue weighted by molar-refractivity contribution is 7.89. The Kier molecular flexibility index (Phi) is 5.93. The standard InChI is InChI=1S/C15H22N2O4S/c18-15(19)8-5-13-3-6-14(7-4-13)22(20,21)16-9-12-17-10-1-2-11-17/h3-4,6-7,16H,1-2,5,8-12H2,(H,18,19). The van der Waals surface area contributed by atoms with E-state index in [1.54, 1.807) is 12.1 Å². The molecule has 7 heteroatoms. The van der Waals surface area contributed by atoms with Gasteiger partial charge in [-0.05, 0) is 50.0 Å². The highest BCUT2D eigenvalue weighted by Crippen LogP contribution is 2.12. The maximum absolute atomic E-state index is 12.2. The van der Waals surface area contributed by atoms with Gasteiger partial charge < -0.3 is 10.0 Å². The summed E-state index contributed by atoms with van der Waals surface area (Å²) < 4.78 is 26.9. The summed E-state index contributed by atoms with van der Waals surface area (Å²) in [6.07, 6.45) is 2.81. The molecule has 2 N–H and O–H groups in total. The number of carbonyl (C=O) groups is 1. The smallest absolute Gasteiger partial charge is 0.303 e. The van der Waals surface area contributed by atoms with Crippen LogP contribution in [0.15, 0.2) is 29.2 Å². The fourth-order valence-electron chi connectivity index (χ4n) is 2.51. The number of hydrogen-bond donors (Lipinski definition) is 2. The van der Waals surface area contributed by atoms with Gasteiger partial charge in [0.1, 0.15) is 0 Å². The molecule has 1 aromatic carbocycles. The molecule has 1 heterocycles. The minimum atomic E-state index is -3.49. The first-order chi connectivity index (χ1) is 10.5. The molecule has 6 nitrogen and oxygen atoms in total. The number of aliphatic carboxylic acids is 1. The van der Waals surface area contributed by atoms with E-state index in [1.807, 2.05) is 0 Å². The van der Waals surface area contributed by atoms with Crippen molar-refractivity contribution >= 4 is 16.0 Å². The Morgan fingerprint density at radius 1 is 1.18 bits per heavy atom. The number of nitrogens with one attached hydrogen (secondary N) is 1. The zero-order chi connectivity index (χ0) is 16.0. The van der Waals surface area contributed by atoms with Crippen LogP contribution in [0.4, 0.5) is 0 Å². The Labute approximate surface area is 131 Å². The van der Waals surface area contributed by atoms with Crippen molar-refractivity contribution in [2.75, 3.05) is 26.2 Å². The number of likely N-dealkylation sites (tertiary alicyclic amines) is 1. The maximum atomic E-state index is 12.2. The molecule has 1 aliphatic rings. The van der Waals surface area contributed by atoms with Crippen molar-refractivity contribution in [2.45, 2.75) is 30.6 Å². The van der Waals surface area contributed by atoms with E-state index in [-0.39, 0.29) is 11.3 Å². The van der Waals surface area contributed by atoms with Crippen molar-refractivity contribution in [1.82, 2.24) is 9.62 Å². The molecule has 122 valence electrons. The van der Waals surface area contributed by atoms with Crippen LogP contribution >= 0.6 is 0 Å². The number of carboxylic acids is 1. The molecule has 0 atom stereocenters. The maximum Gasteiger partial charge on any atom is 0.303 e. The zero-order valence-corrected chi connectivity index (χ0v) is 13.3. The number of nitrogens with zero attached hydrogens (tertiary/aromatic N) is 1. The lowest BCUT2D eigenvalue weighted by molar-refractivity contribution is -0.136. The number of carboxylic acid groups (broad SMARTS) is 1. The molecular weight excluding hydrogens is 304 g/mol. The lowest BCUT2D eigenvalue weighted by Gasteiger charge is -2.15. The third kappa shape index (κ3) is 5.08. The highest BCUT2D eigenvalue weighted by Gasteiger charge is 2.15. The van der Waals surface area contributed by atoms with Gasteiger partial charge in [-0.1, -0.05) is 12.1 Å². The summed E-state index contributed by atoms with van der Waals surface area (Å²) in [5, 5.41) is 8.64. The Hall–Kier alpha value is -1.44. The van der Waals surface area contributed by atoms with Crippen molar-refractivity contribution in [2.24, 2.45) is 0 Å². The third-order valence-electron chi connectivity index (χ3n) is 3.78. The SMILES string of the molecule is O=C(O)CCc1ccc(S(=O)(=O)NCCN2CCCC2)cc1. The molecule has 1 fully saturated rings. The van der Waals surface area contributed by atoms with E-state index in [0.717, 1.165) is 25.2 Å². The Morgan fingerprint density at radius 3 is 2.41 bits per heavy atom. The molecule has 0 aromatic heterocycles. The molecular formula is C15H22N2O4S. The van der Waals surface area contributed by atoms with E-state index in [4.69, 9.17) is 5.11 Å². The van der Waals surface area contributed by atoms with Crippen molar-refractivity contribution < 1.29 is 18.3 Å². The second kappa shape index (κ2) is 7.71. The van der Waals surface area contributed by atoms with Crippen LogP contribution in [0.25, 0.3) is 0 Å². The molecule has 22 heavy (non-hydrogen) atoms. The lowest BCUT2D eigenvalue weighted by atomic mass is 10.1. The van der Waals surface area contributed by atoms with Crippen LogP contribution in [0, 0.1) is 0 Å². The molecule has 1 aromatic rings. The van der Waals surface area contributed by atoms with Gasteiger partial charge in [-0.25, -0.2) is 13.1 Å². The monoisotopic (exact) mass is 326 g/mol. The average molecular weight is 326 g/mol. The predicted molar refractivity (Wildman–Crippen MR) is 83.3 cm³/mol. The van der Waals surface area contributed by atoms with E-state index < -0.39 is 16.0 Å². The molecule has 0 aliphatic carbocycles. The fraction of sp³-hybridized carbons (Fsp3) is 0.533. The van der Waals surface area contributed by atoms with Crippen molar-refractivity contribution in [3.8, 4) is 0 Å². The second-order valence-electron chi connectivity index (χ2n) is 5.48. The van der Waals surface area contributed by atoms with E-state index in [0.29, 0.717) is 13.0 Å². The largest absolute Gasteiger partial charge is 0.481 e. The first-order valence-corrected chi connectivity index (χ1v) is 8.98. The minimum absolute atomic E-state index is 0.0418. The van der Waals surface area contributed by atoms with E-state index in [2.05, 4.69) is 9.62 Å². The number of rotatable bonds is 8.